The van der Waals surface area contributed by atoms with Crippen molar-refractivity contribution in [3.8, 4) is 17.0 Å². The molecule has 32 heavy (non-hydrogen) atoms. The third-order valence-electron chi connectivity index (χ3n) is 5.18. The van der Waals surface area contributed by atoms with Crippen LogP contribution in [-0.2, 0) is 13.2 Å². The van der Waals surface area contributed by atoms with Crippen molar-refractivity contribution in [2.75, 3.05) is 5.32 Å². The smallest absolute Gasteiger partial charge is 0.280 e. The van der Waals surface area contributed by atoms with Gasteiger partial charge in [-0.3, -0.25) is 14.8 Å². The van der Waals surface area contributed by atoms with Crippen molar-refractivity contribution in [2.24, 2.45) is 0 Å². The molecule has 3 heterocycles. The second-order valence-electron chi connectivity index (χ2n) is 7.63. The number of aromatic nitrogens is 4. The van der Waals surface area contributed by atoms with Crippen LogP contribution in [0.5, 0.6) is 5.75 Å². The normalized spacial score (nSPS) is 11.0. The van der Waals surface area contributed by atoms with Crippen LogP contribution in [0.3, 0.4) is 0 Å². The highest BCUT2D eigenvalue weighted by molar-refractivity contribution is 7.14. The lowest BCUT2D eigenvalue weighted by atomic mass is 10.1. The highest BCUT2D eigenvalue weighted by atomic mass is 32.1. The Hall–Kier alpha value is -3.46. The Bertz CT molecular complexity index is 1250. The van der Waals surface area contributed by atoms with Gasteiger partial charge in [-0.25, -0.2) is 4.98 Å². The van der Waals surface area contributed by atoms with E-state index in [-0.39, 0.29) is 18.2 Å². The molecule has 1 N–H and O–H groups in total. The van der Waals surface area contributed by atoms with Crippen molar-refractivity contribution in [1.29, 1.82) is 0 Å². The Kier molecular flexibility index (Phi) is 6.09. The quantitative estimate of drug-likeness (QED) is 0.421. The number of hydrogen-bond donors (Lipinski definition) is 1. The number of carbonyl (C=O) groups excluding carboxylic acids is 1. The van der Waals surface area contributed by atoms with Gasteiger partial charge in [0.2, 0.25) is 0 Å². The van der Waals surface area contributed by atoms with Gasteiger partial charge in [0.1, 0.15) is 18.1 Å². The van der Waals surface area contributed by atoms with Crippen molar-refractivity contribution >= 4 is 22.4 Å². The molecular weight excluding hydrogens is 426 g/mol. The van der Waals surface area contributed by atoms with Crippen molar-refractivity contribution < 1.29 is 14.1 Å². The van der Waals surface area contributed by atoms with E-state index in [1.54, 1.807) is 13.1 Å². The van der Waals surface area contributed by atoms with Gasteiger partial charge in [0.15, 0.2) is 10.8 Å². The fourth-order valence-corrected chi connectivity index (χ4v) is 4.24. The Morgan fingerprint density at radius 1 is 1.19 bits per heavy atom. The van der Waals surface area contributed by atoms with E-state index in [1.807, 2.05) is 49.9 Å². The lowest BCUT2D eigenvalue weighted by Crippen LogP contribution is -2.15. The zero-order valence-corrected chi connectivity index (χ0v) is 19.5. The summed E-state index contributed by atoms with van der Waals surface area (Å²) in [6, 6.07) is 5.98. The van der Waals surface area contributed by atoms with E-state index in [4.69, 9.17) is 9.26 Å². The van der Waals surface area contributed by atoms with Crippen LogP contribution in [0.1, 0.15) is 45.6 Å². The molecule has 0 radical (unpaired) electrons. The van der Waals surface area contributed by atoms with Gasteiger partial charge in [0.05, 0.1) is 17.5 Å². The summed E-state index contributed by atoms with van der Waals surface area (Å²) in [6.07, 6.45) is 1.79. The molecule has 4 aromatic rings. The van der Waals surface area contributed by atoms with E-state index < -0.39 is 0 Å². The molecule has 0 bridgehead atoms. The predicted molar refractivity (Wildman–Crippen MR) is 123 cm³/mol. The summed E-state index contributed by atoms with van der Waals surface area (Å²) in [6.45, 7) is 10.8. The van der Waals surface area contributed by atoms with E-state index in [1.165, 1.54) is 11.3 Å². The third-order valence-corrected chi connectivity index (χ3v) is 5.94. The van der Waals surface area contributed by atoms with Crippen molar-refractivity contribution in [1.82, 2.24) is 19.9 Å². The fraction of sp³-hybridized carbons (Fsp3) is 0.304. The van der Waals surface area contributed by atoms with Gasteiger partial charge >= 0.3 is 0 Å². The maximum Gasteiger partial charge on any atom is 0.280 e. The Labute approximate surface area is 190 Å². The van der Waals surface area contributed by atoms with Crippen LogP contribution in [-0.4, -0.2) is 25.8 Å². The summed E-state index contributed by atoms with van der Waals surface area (Å²) in [5.41, 5.74) is 5.78. The summed E-state index contributed by atoms with van der Waals surface area (Å²) in [5, 5.41) is 13.5. The minimum atomic E-state index is -0.386. The molecule has 0 aliphatic rings. The summed E-state index contributed by atoms with van der Waals surface area (Å²) in [7, 11) is 0. The molecule has 166 valence electrons. The summed E-state index contributed by atoms with van der Waals surface area (Å²) < 4.78 is 13.1. The van der Waals surface area contributed by atoms with Crippen LogP contribution in [0.2, 0.25) is 0 Å². The first-order valence-corrected chi connectivity index (χ1v) is 11.2. The largest absolute Gasteiger partial charge is 0.489 e. The standard InChI is InChI=1S/C23H25N5O3S/c1-6-28-15(4)18(10-24-28)20-12-32-23(25-20)26-22(29)21-19(16(5)31-27-21)11-30-17-8-13(2)7-14(3)9-17/h7-10,12H,6,11H2,1-5H3,(H,25,26,29). The molecular formula is C23H25N5O3S. The predicted octanol–water partition coefficient (Wildman–Crippen LogP) is 5.08. The molecule has 0 saturated heterocycles. The molecule has 0 spiro atoms. The number of rotatable bonds is 7. The molecule has 0 aliphatic heterocycles. The number of benzene rings is 1. The molecule has 9 heteroatoms. The Morgan fingerprint density at radius 3 is 2.62 bits per heavy atom. The van der Waals surface area contributed by atoms with Crippen LogP contribution in [0.25, 0.3) is 11.3 Å². The van der Waals surface area contributed by atoms with Gasteiger partial charge < -0.3 is 9.26 Å². The average molecular weight is 452 g/mol. The number of hydrogen-bond acceptors (Lipinski definition) is 7. The maximum absolute atomic E-state index is 12.9. The van der Waals surface area contributed by atoms with Gasteiger partial charge in [0.25, 0.3) is 5.91 Å². The fourth-order valence-electron chi connectivity index (χ4n) is 3.54. The molecule has 1 amide bonds. The number of ether oxygens (including phenoxy) is 1. The lowest BCUT2D eigenvalue weighted by molar-refractivity contribution is 0.101. The molecule has 4 rings (SSSR count). The first-order chi connectivity index (χ1) is 15.4. The van der Waals surface area contributed by atoms with Gasteiger partial charge in [-0.15, -0.1) is 11.3 Å². The topological polar surface area (TPSA) is 95.1 Å². The molecule has 0 aliphatic carbocycles. The second-order valence-corrected chi connectivity index (χ2v) is 8.49. The highest BCUT2D eigenvalue weighted by Gasteiger charge is 2.22. The Balaban J connectivity index is 1.49. The number of anilines is 1. The number of nitrogens with zero attached hydrogens (tertiary/aromatic N) is 4. The second kappa shape index (κ2) is 8.96. The summed E-state index contributed by atoms with van der Waals surface area (Å²) >= 11 is 1.35. The Morgan fingerprint density at radius 2 is 1.94 bits per heavy atom. The van der Waals surface area contributed by atoms with E-state index in [2.05, 4.69) is 26.6 Å². The third kappa shape index (κ3) is 4.43. The molecule has 8 nitrogen and oxygen atoms in total. The maximum atomic E-state index is 12.9. The van der Waals surface area contributed by atoms with Crippen molar-refractivity contribution in [3.05, 3.63) is 63.6 Å². The molecule has 1 aromatic carbocycles. The number of thiazole rings is 1. The minimum Gasteiger partial charge on any atom is -0.489 e. The SMILES string of the molecule is CCn1ncc(-c2csc(NC(=O)c3noc(C)c3COc3cc(C)cc(C)c3)n2)c1C. The van der Waals surface area contributed by atoms with Crippen LogP contribution in [0, 0.1) is 27.7 Å². The molecule has 3 aromatic heterocycles. The molecule has 0 saturated carbocycles. The first kappa shape index (κ1) is 21.8. The van der Waals surface area contributed by atoms with Crippen molar-refractivity contribution in [2.45, 2.75) is 47.8 Å². The van der Waals surface area contributed by atoms with Crippen LogP contribution in [0.15, 0.2) is 34.3 Å². The van der Waals surface area contributed by atoms with Gasteiger partial charge in [-0.1, -0.05) is 11.2 Å². The van der Waals surface area contributed by atoms with Gasteiger partial charge in [-0.05, 0) is 57.9 Å². The number of nitrogens with one attached hydrogen (secondary N) is 1. The zero-order chi connectivity index (χ0) is 22.8. The van der Waals surface area contributed by atoms with Crippen LogP contribution >= 0.6 is 11.3 Å². The van der Waals surface area contributed by atoms with E-state index in [0.29, 0.717) is 16.5 Å². The molecule has 0 fully saturated rings. The van der Waals surface area contributed by atoms with E-state index >= 15 is 0 Å². The van der Waals surface area contributed by atoms with E-state index in [9.17, 15) is 4.79 Å². The highest BCUT2D eigenvalue weighted by Crippen LogP contribution is 2.28. The van der Waals surface area contributed by atoms with Crippen LogP contribution < -0.4 is 10.1 Å². The lowest BCUT2D eigenvalue weighted by Gasteiger charge is -2.08. The number of carbonyl (C=O) groups is 1. The minimum absolute atomic E-state index is 0.180. The summed E-state index contributed by atoms with van der Waals surface area (Å²) in [4.78, 5) is 17.4. The molecule has 0 atom stereocenters. The van der Waals surface area contributed by atoms with Gasteiger partial charge in [-0.2, -0.15) is 5.10 Å². The number of amides is 1. The zero-order valence-electron chi connectivity index (χ0n) is 18.7. The number of aryl methyl sites for hydroxylation is 4. The van der Waals surface area contributed by atoms with Crippen molar-refractivity contribution in [3.63, 3.8) is 0 Å². The van der Waals surface area contributed by atoms with E-state index in [0.717, 1.165) is 40.4 Å². The molecule has 0 unspecified atom stereocenters. The monoisotopic (exact) mass is 451 g/mol. The van der Waals surface area contributed by atoms with Crippen LogP contribution in [0.4, 0.5) is 5.13 Å². The van der Waals surface area contributed by atoms with Gasteiger partial charge in [0, 0.05) is 23.2 Å². The summed E-state index contributed by atoms with van der Waals surface area (Å²) in [5.74, 6) is 0.895. The first-order valence-electron chi connectivity index (χ1n) is 10.3. The average Bonchev–Trinajstić information content (AvgIpc) is 3.44.